The molecule has 2 unspecified atom stereocenters. The van der Waals surface area contributed by atoms with Crippen molar-refractivity contribution in [1.29, 1.82) is 0 Å². The normalized spacial score (nSPS) is 16.4. The second-order valence-electron chi connectivity index (χ2n) is 9.88. The van der Waals surface area contributed by atoms with E-state index in [1.54, 1.807) is 6.20 Å². The van der Waals surface area contributed by atoms with Crippen molar-refractivity contribution in [3.8, 4) is 28.3 Å². The summed E-state index contributed by atoms with van der Waals surface area (Å²) in [6, 6.07) is 26.5. The predicted molar refractivity (Wildman–Crippen MR) is 152 cm³/mol. The van der Waals surface area contributed by atoms with Gasteiger partial charge in [-0.1, -0.05) is 42.5 Å². The van der Waals surface area contributed by atoms with Crippen molar-refractivity contribution in [1.82, 2.24) is 24.4 Å². The molecule has 0 amide bonds. The van der Waals surface area contributed by atoms with E-state index in [1.165, 1.54) is 12.7 Å². The zero-order valence-corrected chi connectivity index (χ0v) is 22.0. The molecule has 0 radical (unpaired) electrons. The van der Waals surface area contributed by atoms with Gasteiger partial charge in [-0.05, 0) is 61.9 Å². The van der Waals surface area contributed by atoms with Crippen LogP contribution < -0.4 is 5.73 Å². The van der Waals surface area contributed by atoms with Crippen LogP contribution in [0.15, 0.2) is 85.1 Å². The highest BCUT2D eigenvalue weighted by atomic mass is 16.5. The standard InChI is InChI=1S/C31H30N6O2/c1-20(36-18-16-23(19-36)31(38)39-2)21-10-12-24(13-11-21)37-29(25-9-6-17-33-28(25)32)35-27-15-14-26(34-30(27)37)22-7-4-3-5-8-22/h3-15,17,20,23H,16,18-19H2,1-2H3,(H2,32,33). The molecule has 0 spiro atoms. The van der Waals surface area contributed by atoms with Crippen molar-refractivity contribution in [3.05, 3.63) is 90.6 Å². The van der Waals surface area contributed by atoms with Crippen LogP contribution in [0.5, 0.6) is 0 Å². The van der Waals surface area contributed by atoms with Gasteiger partial charge in [0.25, 0.3) is 0 Å². The van der Waals surface area contributed by atoms with Crippen LogP contribution in [0.2, 0.25) is 0 Å². The summed E-state index contributed by atoms with van der Waals surface area (Å²) < 4.78 is 7.01. The number of imidazole rings is 1. The molecule has 3 aromatic heterocycles. The number of rotatable bonds is 6. The summed E-state index contributed by atoms with van der Waals surface area (Å²) in [4.78, 5) is 28.6. The van der Waals surface area contributed by atoms with Crippen LogP contribution in [0.1, 0.15) is 24.9 Å². The number of methoxy groups -OCH3 is 1. The highest BCUT2D eigenvalue weighted by Gasteiger charge is 2.32. The Morgan fingerprint density at radius 1 is 1.00 bits per heavy atom. The number of pyridine rings is 2. The molecule has 2 aromatic carbocycles. The number of benzene rings is 2. The molecule has 0 bridgehead atoms. The lowest BCUT2D eigenvalue weighted by Crippen LogP contribution is -2.26. The molecule has 39 heavy (non-hydrogen) atoms. The van der Waals surface area contributed by atoms with Crippen LogP contribution in [0.3, 0.4) is 0 Å². The Balaban J connectivity index is 1.41. The second kappa shape index (κ2) is 10.3. The summed E-state index contributed by atoms with van der Waals surface area (Å²) in [5, 5.41) is 0. The van der Waals surface area contributed by atoms with Crippen LogP contribution in [-0.2, 0) is 9.53 Å². The Labute approximate surface area is 227 Å². The molecule has 0 aliphatic carbocycles. The van der Waals surface area contributed by atoms with E-state index in [4.69, 9.17) is 20.4 Å². The fraction of sp³-hybridized carbons (Fsp3) is 0.226. The molecule has 4 heterocycles. The third-order valence-electron chi connectivity index (χ3n) is 7.59. The molecule has 1 saturated heterocycles. The number of likely N-dealkylation sites (tertiary alicyclic amines) is 1. The van der Waals surface area contributed by atoms with E-state index in [0.717, 1.165) is 46.6 Å². The van der Waals surface area contributed by atoms with Gasteiger partial charge in [0, 0.05) is 30.0 Å². The van der Waals surface area contributed by atoms with Crippen molar-refractivity contribution in [2.75, 3.05) is 25.9 Å². The Morgan fingerprint density at radius 2 is 1.79 bits per heavy atom. The molecule has 2 N–H and O–H groups in total. The van der Waals surface area contributed by atoms with Crippen LogP contribution in [0.25, 0.3) is 39.5 Å². The van der Waals surface area contributed by atoms with E-state index < -0.39 is 0 Å². The van der Waals surface area contributed by atoms with Crippen LogP contribution in [0.4, 0.5) is 5.82 Å². The molecule has 1 aliphatic rings. The second-order valence-corrected chi connectivity index (χ2v) is 9.88. The number of fused-ring (bicyclic) bond motifs is 1. The summed E-state index contributed by atoms with van der Waals surface area (Å²) in [5.41, 5.74) is 12.6. The minimum absolute atomic E-state index is 0.0635. The molecule has 1 aliphatic heterocycles. The van der Waals surface area contributed by atoms with E-state index >= 15 is 0 Å². The molecule has 1 fully saturated rings. The molecule has 196 valence electrons. The number of aromatic nitrogens is 4. The highest BCUT2D eigenvalue weighted by molar-refractivity contribution is 5.84. The van der Waals surface area contributed by atoms with Crippen molar-refractivity contribution in [2.45, 2.75) is 19.4 Å². The number of hydrogen-bond donors (Lipinski definition) is 1. The number of hydrogen-bond acceptors (Lipinski definition) is 7. The van der Waals surface area contributed by atoms with Crippen LogP contribution >= 0.6 is 0 Å². The van der Waals surface area contributed by atoms with Crippen molar-refractivity contribution in [2.24, 2.45) is 5.92 Å². The van der Waals surface area contributed by atoms with Crippen molar-refractivity contribution in [3.63, 3.8) is 0 Å². The van der Waals surface area contributed by atoms with E-state index in [9.17, 15) is 4.79 Å². The number of carbonyl (C=O) groups is 1. The van der Waals surface area contributed by atoms with E-state index in [1.807, 2.05) is 59.2 Å². The maximum atomic E-state index is 12.0. The van der Waals surface area contributed by atoms with Gasteiger partial charge < -0.3 is 10.5 Å². The van der Waals surface area contributed by atoms with Gasteiger partial charge >= 0.3 is 5.97 Å². The molecule has 0 saturated carbocycles. The SMILES string of the molecule is COC(=O)C1CCN(C(C)c2ccc(-n3c(-c4cccnc4N)nc4ccc(-c5ccccc5)nc43)cc2)C1. The predicted octanol–water partition coefficient (Wildman–Crippen LogP) is 5.29. The zero-order chi connectivity index (χ0) is 26.9. The fourth-order valence-electron chi connectivity index (χ4n) is 5.37. The first kappa shape index (κ1) is 24.8. The molecule has 2 atom stereocenters. The van der Waals surface area contributed by atoms with Crippen LogP contribution in [-0.4, -0.2) is 50.6 Å². The first-order valence-electron chi connectivity index (χ1n) is 13.1. The van der Waals surface area contributed by atoms with Crippen molar-refractivity contribution >= 4 is 23.0 Å². The molecule has 8 heteroatoms. The van der Waals surface area contributed by atoms with Gasteiger partial charge in [-0.15, -0.1) is 0 Å². The van der Waals surface area contributed by atoms with Gasteiger partial charge in [0.15, 0.2) is 11.5 Å². The van der Waals surface area contributed by atoms with E-state index in [2.05, 4.69) is 41.1 Å². The summed E-state index contributed by atoms with van der Waals surface area (Å²) in [6.45, 7) is 3.75. The lowest BCUT2D eigenvalue weighted by Gasteiger charge is -2.25. The topological polar surface area (TPSA) is 99.2 Å². The van der Waals surface area contributed by atoms with Gasteiger partial charge in [-0.25, -0.2) is 15.0 Å². The molecule has 6 rings (SSSR count). The number of nitrogens with two attached hydrogens (primary N) is 1. The number of ether oxygens (including phenoxy) is 1. The first-order valence-corrected chi connectivity index (χ1v) is 13.1. The maximum absolute atomic E-state index is 12.0. The number of carbonyl (C=O) groups excluding carboxylic acids is 1. The van der Waals surface area contributed by atoms with E-state index in [0.29, 0.717) is 18.2 Å². The average molecular weight is 519 g/mol. The van der Waals surface area contributed by atoms with Gasteiger partial charge in [0.05, 0.1) is 24.3 Å². The smallest absolute Gasteiger partial charge is 0.310 e. The number of esters is 1. The Kier molecular flexibility index (Phi) is 6.54. The average Bonchev–Trinajstić information content (AvgIpc) is 3.62. The van der Waals surface area contributed by atoms with Crippen LogP contribution in [0, 0.1) is 5.92 Å². The van der Waals surface area contributed by atoms with Gasteiger partial charge in [-0.2, -0.15) is 0 Å². The van der Waals surface area contributed by atoms with Crippen molar-refractivity contribution < 1.29 is 9.53 Å². The van der Waals surface area contributed by atoms with E-state index in [-0.39, 0.29) is 17.9 Å². The maximum Gasteiger partial charge on any atom is 0.310 e. The molecule has 5 aromatic rings. The highest BCUT2D eigenvalue weighted by Crippen LogP contribution is 2.33. The largest absolute Gasteiger partial charge is 0.469 e. The molecule has 8 nitrogen and oxygen atoms in total. The molecular formula is C31H30N6O2. The third-order valence-corrected chi connectivity index (χ3v) is 7.59. The van der Waals surface area contributed by atoms with Gasteiger partial charge in [0.2, 0.25) is 0 Å². The van der Waals surface area contributed by atoms with Gasteiger partial charge in [-0.3, -0.25) is 14.3 Å². The summed E-state index contributed by atoms with van der Waals surface area (Å²) >= 11 is 0. The monoisotopic (exact) mass is 518 g/mol. The number of nitrogens with zero attached hydrogens (tertiary/aromatic N) is 5. The minimum Gasteiger partial charge on any atom is -0.469 e. The number of anilines is 1. The first-order chi connectivity index (χ1) is 19.0. The van der Waals surface area contributed by atoms with Gasteiger partial charge in [0.1, 0.15) is 11.3 Å². The molecular weight excluding hydrogens is 488 g/mol. The third kappa shape index (κ3) is 4.64. The fourth-order valence-corrected chi connectivity index (χ4v) is 5.37. The Hall–Kier alpha value is -4.56. The Bertz CT molecular complexity index is 1630. The lowest BCUT2D eigenvalue weighted by atomic mass is 10.1. The zero-order valence-electron chi connectivity index (χ0n) is 22.0. The minimum atomic E-state index is -0.128. The summed E-state index contributed by atoms with van der Waals surface area (Å²) in [7, 11) is 1.46. The summed E-state index contributed by atoms with van der Waals surface area (Å²) in [5.74, 6) is 0.911. The lowest BCUT2D eigenvalue weighted by molar-refractivity contribution is -0.145. The number of nitrogen functional groups attached to an aromatic ring is 1. The summed E-state index contributed by atoms with van der Waals surface area (Å²) in [6.07, 6.45) is 2.50. The quantitative estimate of drug-likeness (QED) is 0.305. The Morgan fingerprint density at radius 3 is 2.54 bits per heavy atom.